The van der Waals surface area contributed by atoms with E-state index >= 15 is 0 Å². The Kier molecular flexibility index (Phi) is 0.749. The molecule has 1 heterocycles. The smallest absolute Gasteiger partial charge is 0.225 e. The van der Waals surface area contributed by atoms with Gasteiger partial charge in [0.2, 0.25) is 5.88 Å². The van der Waals surface area contributed by atoms with Crippen molar-refractivity contribution in [3.63, 3.8) is 0 Å². The van der Waals surface area contributed by atoms with Gasteiger partial charge in [0.05, 0.1) is 0 Å². The Labute approximate surface area is 39.6 Å². The van der Waals surface area contributed by atoms with Gasteiger partial charge in [0.1, 0.15) is 0 Å². The monoisotopic (exact) mass is 101 g/mol. The minimum atomic E-state index is -0.611. The SMILES string of the molecule is Oc1[nH]ccc1F. The Balaban J connectivity index is 3.12. The van der Waals surface area contributed by atoms with Gasteiger partial charge in [-0.1, -0.05) is 0 Å². The minimum absolute atomic E-state index is 0.403. The molecule has 1 aromatic heterocycles. The number of hydrogen-bond acceptors (Lipinski definition) is 1. The number of aromatic nitrogens is 1. The fourth-order valence-electron chi connectivity index (χ4n) is 0.342. The molecule has 0 radical (unpaired) electrons. The van der Waals surface area contributed by atoms with Gasteiger partial charge in [-0.3, -0.25) is 0 Å². The Morgan fingerprint density at radius 1 is 1.71 bits per heavy atom. The summed E-state index contributed by atoms with van der Waals surface area (Å²) in [5.74, 6) is -1.01. The zero-order valence-corrected chi connectivity index (χ0v) is 3.48. The second-order valence-corrected chi connectivity index (χ2v) is 1.17. The molecule has 3 heteroatoms. The van der Waals surface area contributed by atoms with Crippen LogP contribution in [0.4, 0.5) is 4.39 Å². The molecule has 7 heavy (non-hydrogen) atoms. The van der Waals surface area contributed by atoms with Gasteiger partial charge in [-0.2, -0.15) is 0 Å². The highest BCUT2D eigenvalue weighted by Gasteiger charge is 1.94. The van der Waals surface area contributed by atoms with Gasteiger partial charge >= 0.3 is 0 Å². The molecule has 0 unspecified atom stereocenters. The van der Waals surface area contributed by atoms with Crippen LogP contribution in [0.5, 0.6) is 5.88 Å². The summed E-state index contributed by atoms with van der Waals surface area (Å²) in [5.41, 5.74) is 0. The van der Waals surface area contributed by atoms with E-state index in [4.69, 9.17) is 5.11 Å². The Morgan fingerprint density at radius 3 is 2.57 bits per heavy atom. The van der Waals surface area contributed by atoms with Crippen molar-refractivity contribution in [1.29, 1.82) is 0 Å². The maximum atomic E-state index is 11.8. The lowest BCUT2D eigenvalue weighted by atomic mass is 10.6. The van der Waals surface area contributed by atoms with E-state index in [-0.39, 0.29) is 0 Å². The van der Waals surface area contributed by atoms with Crippen LogP contribution < -0.4 is 0 Å². The molecule has 0 bridgehead atoms. The zero-order valence-electron chi connectivity index (χ0n) is 3.48. The van der Waals surface area contributed by atoms with E-state index in [0.717, 1.165) is 6.07 Å². The first-order valence-electron chi connectivity index (χ1n) is 1.82. The lowest BCUT2D eigenvalue weighted by molar-refractivity contribution is 0.419. The number of halogens is 1. The number of aromatic amines is 1. The molecule has 0 spiro atoms. The topological polar surface area (TPSA) is 36.0 Å². The number of nitrogens with one attached hydrogen (secondary N) is 1. The van der Waals surface area contributed by atoms with E-state index in [0.29, 0.717) is 0 Å². The third kappa shape index (κ3) is 0.559. The van der Waals surface area contributed by atoms with E-state index in [2.05, 4.69) is 4.98 Å². The minimum Gasteiger partial charge on any atom is -0.493 e. The summed E-state index contributed by atoms with van der Waals surface area (Å²) in [6.07, 6.45) is 1.32. The second-order valence-electron chi connectivity index (χ2n) is 1.17. The molecule has 0 saturated carbocycles. The predicted molar refractivity (Wildman–Crippen MR) is 22.4 cm³/mol. The van der Waals surface area contributed by atoms with Crippen LogP contribution >= 0.6 is 0 Å². The lowest BCUT2D eigenvalue weighted by Crippen LogP contribution is -1.62. The standard InChI is InChI=1S/C4H4FNO/c5-3-1-2-6-4(3)7/h1-2,6-7H. The summed E-state index contributed by atoms with van der Waals surface area (Å²) in [4.78, 5) is 2.25. The average Bonchev–Trinajstić information content (AvgIpc) is 1.91. The first kappa shape index (κ1) is 4.18. The van der Waals surface area contributed by atoms with Crippen LogP contribution in [0.25, 0.3) is 0 Å². The maximum absolute atomic E-state index is 11.8. The summed E-state index contributed by atoms with van der Waals surface area (Å²) >= 11 is 0. The molecule has 0 amide bonds. The van der Waals surface area contributed by atoms with Crippen LogP contribution in [0.15, 0.2) is 12.3 Å². The van der Waals surface area contributed by atoms with Crippen molar-refractivity contribution >= 4 is 0 Å². The van der Waals surface area contributed by atoms with Gasteiger partial charge < -0.3 is 10.1 Å². The summed E-state index contributed by atoms with van der Waals surface area (Å²) in [6, 6.07) is 1.15. The van der Waals surface area contributed by atoms with Crippen LogP contribution in [0.1, 0.15) is 0 Å². The molecule has 1 rings (SSSR count). The Morgan fingerprint density at radius 2 is 2.43 bits per heavy atom. The van der Waals surface area contributed by atoms with Crippen LogP contribution in [0.3, 0.4) is 0 Å². The van der Waals surface area contributed by atoms with Crippen LogP contribution in [-0.2, 0) is 0 Å². The molecule has 0 aliphatic heterocycles. The van der Waals surface area contributed by atoms with Gasteiger partial charge in [-0.25, -0.2) is 4.39 Å². The molecule has 0 aromatic carbocycles. The van der Waals surface area contributed by atoms with Crippen molar-refractivity contribution in [2.75, 3.05) is 0 Å². The van der Waals surface area contributed by atoms with Gasteiger partial charge in [0, 0.05) is 6.20 Å². The van der Waals surface area contributed by atoms with Gasteiger partial charge in [0.15, 0.2) is 5.82 Å². The van der Waals surface area contributed by atoms with E-state index < -0.39 is 11.7 Å². The molecule has 0 atom stereocenters. The van der Waals surface area contributed by atoms with Crippen molar-refractivity contribution in [1.82, 2.24) is 4.98 Å². The van der Waals surface area contributed by atoms with Crippen molar-refractivity contribution in [3.8, 4) is 5.88 Å². The first-order valence-corrected chi connectivity index (χ1v) is 1.82. The predicted octanol–water partition coefficient (Wildman–Crippen LogP) is 0.859. The van der Waals surface area contributed by atoms with E-state index in [9.17, 15) is 4.39 Å². The van der Waals surface area contributed by atoms with E-state index in [1.165, 1.54) is 6.20 Å². The molecule has 38 valence electrons. The van der Waals surface area contributed by atoms with Crippen LogP contribution in [-0.4, -0.2) is 10.1 Å². The molecule has 0 fully saturated rings. The lowest BCUT2D eigenvalue weighted by Gasteiger charge is -1.76. The van der Waals surface area contributed by atoms with Gasteiger partial charge in [-0.15, -0.1) is 0 Å². The molecule has 1 aromatic rings. The summed E-state index contributed by atoms with van der Waals surface area (Å²) in [5, 5.41) is 8.33. The van der Waals surface area contributed by atoms with Crippen molar-refractivity contribution in [2.45, 2.75) is 0 Å². The molecule has 0 aliphatic carbocycles. The fourth-order valence-corrected chi connectivity index (χ4v) is 0.342. The highest BCUT2D eigenvalue weighted by molar-refractivity contribution is 5.10. The molecular formula is C4H4FNO. The van der Waals surface area contributed by atoms with E-state index in [1.807, 2.05) is 0 Å². The van der Waals surface area contributed by atoms with Crippen molar-refractivity contribution < 1.29 is 9.50 Å². The zero-order chi connectivity index (χ0) is 5.28. The largest absolute Gasteiger partial charge is 0.493 e. The highest BCUT2D eigenvalue weighted by Crippen LogP contribution is 2.08. The number of H-pyrrole nitrogens is 1. The third-order valence-electron chi connectivity index (χ3n) is 0.676. The highest BCUT2D eigenvalue weighted by atomic mass is 19.1. The third-order valence-corrected chi connectivity index (χ3v) is 0.676. The quantitative estimate of drug-likeness (QED) is 0.499. The normalized spacial score (nSPS) is 9.29. The molecule has 2 nitrogen and oxygen atoms in total. The van der Waals surface area contributed by atoms with Crippen molar-refractivity contribution in [3.05, 3.63) is 18.1 Å². The maximum Gasteiger partial charge on any atom is 0.225 e. The summed E-state index contributed by atoms with van der Waals surface area (Å²) in [7, 11) is 0. The first-order chi connectivity index (χ1) is 3.30. The molecule has 0 saturated heterocycles. The number of aromatic hydroxyl groups is 1. The Hall–Kier alpha value is -0.990. The van der Waals surface area contributed by atoms with Gasteiger partial charge in [0.25, 0.3) is 0 Å². The molecule has 0 aliphatic rings. The fraction of sp³-hybridized carbons (Fsp3) is 0. The van der Waals surface area contributed by atoms with Crippen molar-refractivity contribution in [2.24, 2.45) is 0 Å². The average molecular weight is 101 g/mol. The Bertz CT molecular complexity index is 144. The number of rotatable bonds is 0. The second kappa shape index (κ2) is 1.26. The van der Waals surface area contributed by atoms with Gasteiger partial charge in [-0.05, 0) is 6.07 Å². The van der Waals surface area contributed by atoms with Crippen LogP contribution in [0.2, 0.25) is 0 Å². The summed E-state index contributed by atoms with van der Waals surface area (Å²) in [6.45, 7) is 0. The number of hydrogen-bond donors (Lipinski definition) is 2. The van der Waals surface area contributed by atoms with E-state index in [1.54, 1.807) is 0 Å². The molecular weight excluding hydrogens is 97.0 g/mol. The summed E-state index contributed by atoms with van der Waals surface area (Å²) < 4.78 is 11.8. The molecule has 2 N–H and O–H groups in total. The van der Waals surface area contributed by atoms with Crippen LogP contribution in [0, 0.1) is 5.82 Å².